The molecule has 16 heteroatoms. The van der Waals surface area contributed by atoms with Gasteiger partial charge in [0.1, 0.15) is 25.9 Å². The molecule has 0 amide bonds. The van der Waals surface area contributed by atoms with Crippen LogP contribution in [0.3, 0.4) is 0 Å². The Hall–Kier alpha value is -2.32. The smallest absolute Gasteiger partial charge is 0.871 e. The summed E-state index contributed by atoms with van der Waals surface area (Å²) < 4.78 is 69.3. The van der Waals surface area contributed by atoms with Gasteiger partial charge in [0.2, 0.25) is 0 Å². The molecule has 36 heavy (non-hydrogen) atoms. The van der Waals surface area contributed by atoms with E-state index in [1.54, 1.807) is 0 Å². The van der Waals surface area contributed by atoms with E-state index in [2.05, 4.69) is 15.3 Å². The third kappa shape index (κ3) is 5.80. The van der Waals surface area contributed by atoms with Crippen molar-refractivity contribution < 1.29 is 83.1 Å². The normalized spacial score (nSPS) is 11.9. The molecule has 0 N–H and O–H groups in total. The zero-order chi connectivity index (χ0) is 24.8. The fourth-order valence-corrected chi connectivity index (χ4v) is 4.48. The molecular formula is C20H12CrN4NaO8S2. The molecule has 0 aliphatic rings. The Morgan fingerprint density at radius 3 is 2.06 bits per heavy atom. The fraction of sp³-hybridized carbons (Fsp3) is 0.0500. The van der Waals surface area contributed by atoms with Gasteiger partial charge in [0, 0.05) is 16.7 Å². The molecule has 0 saturated carbocycles. The zero-order valence-electron chi connectivity index (χ0n) is 18.5. The minimum Gasteiger partial charge on any atom is -0.871 e. The van der Waals surface area contributed by atoms with Gasteiger partial charge >= 0.3 is 46.9 Å². The molecule has 1 aromatic heterocycles. The molecule has 0 aliphatic heterocycles. The first-order valence-electron chi connectivity index (χ1n) is 9.31. The van der Waals surface area contributed by atoms with Crippen molar-refractivity contribution in [2.75, 3.05) is 0 Å². The Bertz CT molecular complexity index is 1710. The van der Waals surface area contributed by atoms with E-state index in [9.17, 15) is 36.2 Å². The molecule has 0 spiro atoms. The van der Waals surface area contributed by atoms with Crippen molar-refractivity contribution >= 4 is 42.4 Å². The van der Waals surface area contributed by atoms with E-state index in [0.29, 0.717) is 6.07 Å². The molecule has 1 radical (unpaired) electrons. The summed E-state index contributed by atoms with van der Waals surface area (Å²) in [5.41, 5.74) is -0.500. The van der Waals surface area contributed by atoms with Crippen molar-refractivity contribution in [3.63, 3.8) is 0 Å². The second-order valence-corrected chi connectivity index (χ2v) is 9.75. The topological polar surface area (TPSA) is 203 Å². The van der Waals surface area contributed by atoms with Gasteiger partial charge in [-0.3, -0.25) is 0 Å². The van der Waals surface area contributed by atoms with Gasteiger partial charge < -0.3 is 19.3 Å². The molecule has 3 aromatic carbocycles. The standard InChI is InChI=1S/C20H16N4O8S2.Cr.Na/c1-11-18(20(26)24(23-11)12-5-4-6-13(9-12)33(27,28)29)21-22-19-15-8-3-2-7-14(15)17(10-16(19)25)34(30,31)32;;/h2-10,25-26H,1H3,(H,27,28,29)(H,30,31,32);;/q;+3;+1/p-4. The number of aryl methyl sites for hydroxylation is 1. The number of hydrogen-bond acceptors (Lipinski definition) is 11. The van der Waals surface area contributed by atoms with Crippen molar-refractivity contribution in [3.8, 4) is 17.3 Å². The number of aromatic nitrogens is 2. The molecule has 0 saturated heterocycles. The average molecular weight is 575 g/mol. The van der Waals surface area contributed by atoms with E-state index in [1.165, 1.54) is 43.3 Å². The zero-order valence-corrected chi connectivity index (χ0v) is 23.4. The number of hydrogen-bond donors (Lipinski definition) is 0. The minimum absolute atomic E-state index is 0. The molecule has 179 valence electrons. The Labute approximate surface area is 238 Å². The van der Waals surface area contributed by atoms with E-state index in [1.807, 2.05) is 0 Å². The van der Waals surface area contributed by atoms with E-state index < -0.39 is 41.7 Å². The van der Waals surface area contributed by atoms with Crippen LogP contribution >= 0.6 is 0 Å². The van der Waals surface area contributed by atoms with E-state index >= 15 is 0 Å². The molecular weight excluding hydrogens is 563 g/mol. The minimum atomic E-state index is -4.94. The van der Waals surface area contributed by atoms with Crippen molar-refractivity contribution in [1.82, 2.24) is 9.78 Å². The Morgan fingerprint density at radius 1 is 0.833 bits per heavy atom. The Morgan fingerprint density at radius 2 is 1.44 bits per heavy atom. The van der Waals surface area contributed by atoms with E-state index in [-0.39, 0.29) is 80.4 Å². The number of rotatable bonds is 5. The summed E-state index contributed by atoms with van der Waals surface area (Å²) in [6.45, 7) is 1.42. The Kier molecular flexibility index (Phi) is 9.12. The average Bonchev–Trinajstić information content (AvgIpc) is 3.05. The summed E-state index contributed by atoms with van der Waals surface area (Å²) in [7, 11) is -9.71. The molecule has 4 rings (SSSR count). The van der Waals surface area contributed by atoms with Crippen LogP contribution < -0.4 is 39.8 Å². The third-order valence-electron chi connectivity index (χ3n) is 4.80. The largest absolute Gasteiger partial charge is 3.00 e. The van der Waals surface area contributed by atoms with E-state index in [4.69, 9.17) is 0 Å². The molecule has 1 heterocycles. The number of benzene rings is 3. The number of fused-ring (bicyclic) bond motifs is 1. The summed E-state index contributed by atoms with van der Waals surface area (Å²) in [4.78, 5) is -1.26. The first-order valence-corrected chi connectivity index (χ1v) is 12.1. The van der Waals surface area contributed by atoms with Crippen molar-refractivity contribution in [1.29, 1.82) is 0 Å². The second-order valence-electron chi connectivity index (χ2n) is 7.02. The molecule has 0 unspecified atom stereocenters. The molecule has 0 atom stereocenters. The van der Waals surface area contributed by atoms with E-state index in [0.717, 1.165) is 16.8 Å². The summed E-state index contributed by atoms with van der Waals surface area (Å²) in [6, 6.07) is 11.0. The molecule has 12 nitrogen and oxygen atoms in total. The van der Waals surface area contributed by atoms with Gasteiger partial charge in [0.25, 0.3) is 0 Å². The molecule has 0 fully saturated rings. The molecule has 0 bridgehead atoms. The predicted molar refractivity (Wildman–Crippen MR) is 111 cm³/mol. The van der Waals surface area contributed by atoms with Gasteiger partial charge in [-0.15, -0.1) is 5.11 Å². The maximum absolute atomic E-state index is 12.8. The van der Waals surface area contributed by atoms with Gasteiger partial charge in [-0.05, 0) is 31.2 Å². The third-order valence-corrected chi connectivity index (χ3v) is 6.51. The van der Waals surface area contributed by atoms with Crippen molar-refractivity contribution in [3.05, 3.63) is 60.3 Å². The van der Waals surface area contributed by atoms with Crippen LogP contribution in [0.15, 0.2) is 74.6 Å². The van der Waals surface area contributed by atoms with Gasteiger partial charge in [0.05, 0.1) is 26.9 Å². The van der Waals surface area contributed by atoms with Gasteiger partial charge in [-0.1, -0.05) is 36.1 Å². The number of azo groups is 1. The van der Waals surface area contributed by atoms with Crippen LogP contribution in [0.1, 0.15) is 5.69 Å². The van der Waals surface area contributed by atoms with Crippen LogP contribution in [-0.4, -0.2) is 35.7 Å². The molecule has 0 aliphatic carbocycles. The summed E-state index contributed by atoms with van der Waals surface area (Å²) in [5.74, 6) is -1.71. The van der Waals surface area contributed by atoms with Crippen LogP contribution in [-0.2, 0) is 37.6 Å². The molecule has 4 aromatic rings. The van der Waals surface area contributed by atoms with Crippen LogP contribution in [0.5, 0.6) is 11.6 Å². The first kappa shape index (κ1) is 29.9. The Balaban J connectivity index is 0.00000228. The summed E-state index contributed by atoms with van der Waals surface area (Å²) in [6.07, 6.45) is 0. The quantitative estimate of drug-likeness (QED) is 0.157. The van der Waals surface area contributed by atoms with Crippen LogP contribution in [0.4, 0.5) is 11.4 Å². The fourth-order valence-electron chi connectivity index (χ4n) is 3.27. The van der Waals surface area contributed by atoms with Crippen LogP contribution in [0, 0.1) is 6.92 Å². The van der Waals surface area contributed by atoms with Gasteiger partial charge in [-0.25, -0.2) is 21.5 Å². The number of nitrogens with zero attached hydrogens (tertiary/aromatic N) is 4. The van der Waals surface area contributed by atoms with Crippen LogP contribution in [0.2, 0.25) is 0 Å². The monoisotopic (exact) mass is 575 g/mol. The van der Waals surface area contributed by atoms with Gasteiger partial charge in [-0.2, -0.15) is 10.2 Å². The van der Waals surface area contributed by atoms with Gasteiger partial charge in [0.15, 0.2) is 0 Å². The second kappa shape index (κ2) is 11.0. The SMILES string of the molecule is Cc1nn(-c2cccc(S(=O)(=O)[O-])c2)c([O-])c1N=Nc1c([O-])cc(S(=O)(=O)[O-])c2ccccc12.[Cr+3].[Na+]. The van der Waals surface area contributed by atoms with Crippen molar-refractivity contribution in [2.24, 2.45) is 10.2 Å². The van der Waals surface area contributed by atoms with Crippen molar-refractivity contribution in [2.45, 2.75) is 16.7 Å². The van der Waals surface area contributed by atoms with Crippen LogP contribution in [0.25, 0.3) is 16.5 Å². The maximum atomic E-state index is 12.8. The summed E-state index contributed by atoms with van der Waals surface area (Å²) in [5, 5.41) is 37.0. The predicted octanol–water partition coefficient (Wildman–Crippen LogP) is -1.29. The summed E-state index contributed by atoms with van der Waals surface area (Å²) >= 11 is 0. The maximum Gasteiger partial charge on any atom is 3.00 e. The first-order chi connectivity index (χ1) is 15.9.